The molecule has 0 saturated heterocycles. The first-order valence-corrected chi connectivity index (χ1v) is 11.1. The molecule has 0 nitrogen and oxygen atoms in total. The van der Waals surface area contributed by atoms with Crippen LogP contribution in [0.1, 0.15) is 37.3 Å². The zero-order chi connectivity index (χ0) is 15.4. The van der Waals surface area contributed by atoms with Crippen molar-refractivity contribution in [2.24, 2.45) is 0 Å². The van der Waals surface area contributed by atoms with Gasteiger partial charge in [0.2, 0.25) is 0 Å². The summed E-state index contributed by atoms with van der Waals surface area (Å²) < 4.78 is 0.256. The Kier molecular flexibility index (Phi) is 11.6. The second kappa shape index (κ2) is 11.6. The summed E-state index contributed by atoms with van der Waals surface area (Å²) >= 11 is 2.48. The summed E-state index contributed by atoms with van der Waals surface area (Å²) in [6.45, 7) is 2.30. The molecule has 0 aliphatic heterocycles. The molecule has 2 unspecified atom stereocenters. The van der Waals surface area contributed by atoms with Crippen molar-refractivity contribution in [1.29, 1.82) is 0 Å². The van der Waals surface area contributed by atoms with Gasteiger partial charge in [-0.25, -0.2) is 0 Å². The maximum Gasteiger partial charge on any atom is -1.00 e. The van der Waals surface area contributed by atoms with E-state index in [9.17, 15) is 0 Å². The fourth-order valence-corrected chi connectivity index (χ4v) is 9.18. The molecule has 0 aromatic heterocycles. The summed E-state index contributed by atoms with van der Waals surface area (Å²) in [5.41, 5.74) is 2.97. The summed E-state index contributed by atoms with van der Waals surface area (Å²) in [6.07, 6.45) is 8.87. The van der Waals surface area contributed by atoms with Crippen molar-refractivity contribution in [1.82, 2.24) is 0 Å². The normalized spacial score (nSPS) is 18.4. The molecular formula is C20H23Cl3SiTi. The number of hydrogen-bond donors (Lipinski definition) is 0. The third-order valence-electron chi connectivity index (χ3n) is 4.78. The molecule has 2 aromatic rings. The summed E-state index contributed by atoms with van der Waals surface area (Å²) in [5.74, 6) is 0. The summed E-state index contributed by atoms with van der Waals surface area (Å²) in [5, 5.41) is 1.61. The van der Waals surface area contributed by atoms with Gasteiger partial charge in [-0.15, -0.1) is 0 Å². The van der Waals surface area contributed by atoms with Crippen molar-refractivity contribution in [2.75, 3.05) is 0 Å². The third-order valence-corrected chi connectivity index (χ3v) is 10.9. The van der Waals surface area contributed by atoms with Crippen molar-refractivity contribution in [2.45, 2.75) is 35.6 Å². The van der Waals surface area contributed by atoms with Gasteiger partial charge in [-0.2, -0.15) is 0 Å². The van der Waals surface area contributed by atoms with Gasteiger partial charge >= 0.3 is 148 Å². The number of allylic oxidation sites excluding steroid dienone is 1. The van der Waals surface area contributed by atoms with Gasteiger partial charge in [-0.05, 0) is 0 Å². The van der Waals surface area contributed by atoms with E-state index in [-0.39, 0.29) is 40.6 Å². The molecule has 0 spiro atoms. The number of benzene rings is 2. The molecule has 3 rings (SSSR count). The number of unbranched alkanes of at least 4 members (excludes halogenated alkanes) is 2. The van der Waals surface area contributed by atoms with Crippen molar-refractivity contribution in [3.8, 4) is 0 Å². The van der Waals surface area contributed by atoms with E-state index in [1.807, 2.05) is 0 Å². The van der Waals surface area contributed by atoms with Gasteiger partial charge in [0.1, 0.15) is 0 Å². The van der Waals surface area contributed by atoms with Crippen LogP contribution in [0.25, 0.3) is 6.08 Å². The molecule has 25 heavy (non-hydrogen) atoms. The van der Waals surface area contributed by atoms with Crippen LogP contribution in [0, 0.1) is 0 Å². The van der Waals surface area contributed by atoms with Gasteiger partial charge in [0, 0.05) is 0 Å². The molecule has 0 heterocycles. The largest absolute Gasteiger partial charge is 1.00 e. The van der Waals surface area contributed by atoms with Crippen LogP contribution >= 0.6 is 0 Å². The van der Waals surface area contributed by atoms with E-state index in [4.69, 9.17) is 0 Å². The van der Waals surface area contributed by atoms with Crippen LogP contribution in [-0.4, -0.2) is 8.80 Å². The van der Waals surface area contributed by atoms with Crippen LogP contribution in [-0.2, 0) is 23.8 Å². The van der Waals surface area contributed by atoms with E-state index in [2.05, 4.69) is 94.1 Å². The zero-order valence-electron chi connectivity index (χ0n) is 14.4. The molecule has 1 aliphatic carbocycles. The Balaban J connectivity index is 0.00000192. The van der Waals surface area contributed by atoms with Crippen LogP contribution in [0.15, 0.2) is 60.7 Å². The maximum absolute atomic E-state index is 2.49. The Bertz CT molecular complexity index is 663. The predicted molar refractivity (Wildman–Crippen MR) is 94.7 cm³/mol. The first kappa shape index (κ1) is 25.0. The second-order valence-corrected chi connectivity index (χ2v) is 11.7. The first-order chi connectivity index (χ1) is 10.8. The van der Waals surface area contributed by atoms with Crippen molar-refractivity contribution in [3.05, 3.63) is 71.8 Å². The van der Waals surface area contributed by atoms with E-state index >= 15 is 0 Å². The van der Waals surface area contributed by atoms with Crippen LogP contribution in [0.3, 0.4) is 0 Å². The molecule has 1 aliphatic rings. The smallest absolute Gasteiger partial charge is 1.00 e. The number of hydrogen-bond acceptors (Lipinski definition) is 0. The van der Waals surface area contributed by atoms with Gasteiger partial charge < -0.3 is 37.2 Å². The van der Waals surface area contributed by atoms with Gasteiger partial charge in [-0.1, -0.05) is 0 Å². The first-order valence-electron chi connectivity index (χ1n) is 8.34. The van der Waals surface area contributed by atoms with Gasteiger partial charge in [-0.3, -0.25) is 0 Å². The van der Waals surface area contributed by atoms with Crippen LogP contribution in [0.4, 0.5) is 0 Å². The summed E-state index contributed by atoms with van der Waals surface area (Å²) in [6, 6.07) is 21.7. The Morgan fingerprint density at radius 3 is 2.20 bits per heavy atom. The minimum atomic E-state index is -1.11. The minimum absolute atomic E-state index is 0. The predicted octanol–water partition coefficient (Wildman–Crippen LogP) is -4.67. The maximum atomic E-state index is 2.49. The molecular weight excluding hydrogens is 423 g/mol. The second-order valence-electron chi connectivity index (χ2n) is 6.25. The SMILES string of the molecule is CCCCC[SiH](c1ccccc1)[C]1([Ti+3])C=Cc2ccccc21.[Cl-].[Cl-].[Cl-]. The Morgan fingerprint density at radius 2 is 1.52 bits per heavy atom. The molecule has 132 valence electrons. The van der Waals surface area contributed by atoms with Crippen molar-refractivity contribution >= 4 is 20.1 Å². The minimum Gasteiger partial charge on any atom is -1.00 e. The van der Waals surface area contributed by atoms with Crippen molar-refractivity contribution < 1.29 is 57.7 Å². The average molecular weight is 446 g/mol. The van der Waals surface area contributed by atoms with E-state index in [1.54, 1.807) is 10.8 Å². The third kappa shape index (κ3) is 5.48. The topological polar surface area (TPSA) is 0 Å². The molecule has 0 N–H and O–H groups in total. The molecule has 0 saturated carbocycles. The fraction of sp³-hybridized carbons (Fsp3) is 0.300. The molecule has 0 amide bonds. The molecule has 0 fully saturated rings. The standard InChI is InChI=1S/C20H23Si.3ClH.Ti/c1-2-3-9-16-21(18-11-5-4-6-12-18)20-15-14-17-10-7-8-13-19(17)20;;;;/h4-8,10-15,21H,2-3,9,16H2,1H3;3*1H;/q;;;;+3/p-3. The zero-order valence-corrected chi connectivity index (χ0v) is 19.4. The van der Waals surface area contributed by atoms with Crippen LogP contribution in [0.2, 0.25) is 6.04 Å². The Morgan fingerprint density at radius 1 is 0.880 bits per heavy atom. The molecule has 5 heteroatoms. The van der Waals surface area contributed by atoms with Gasteiger partial charge in [0.15, 0.2) is 0 Å². The molecule has 2 aromatic carbocycles. The Labute approximate surface area is 184 Å². The Hall–Kier alpha value is -0.0188. The molecule has 0 bridgehead atoms. The van der Waals surface area contributed by atoms with E-state index in [0.29, 0.717) is 0 Å². The van der Waals surface area contributed by atoms with E-state index < -0.39 is 8.80 Å². The number of halogens is 3. The summed E-state index contributed by atoms with van der Waals surface area (Å²) in [7, 11) is -1.11. The van der Waals surface area contributed by atoms with Crippen molar-refractivity contribution in [3.63, 3.8) is 0 Å². The van der Waals surface area contributed by atoms with Gasteiger partial charge in [0.25, 0.3) is 0 Å². The average Bonchev–Trinajstić information content (AvgIpc) is 2.91. The number of rotatable bonds is 6. The van der Waals surface area contributed by atoms with Gasteiger partial charge in [0.05, 0.1) is 0 Å². The summed E-state index contributed by atoms with van der Waals surface area (Å²) in [4.78, 5) is 0. The van der Waals surface area contributed by atoms with Crippen LogP contribution < -0.4 is 42.4 Å². The number of fused-ring (bicyclic) bond motifs is 1. The molecule has 0 radical (unpaired) electrons. The fourth-order valence-electron chi connectivity index (χ4n) is 3.57. The monoisotopic (exact) mass is 444 g/mol. The van der Waals surface area contributed by atoms with E-state index in [1.165, 1.54) is 30.9 Å². The van der Waals surface area contributed by atoms with E-state index in [0.717, 1.165) is 0 Å². The quantitative estimate of drug-likeness (QED) is 0.310. The van der Waals surface area contributed by atoms with Crippen LogP contribution in [0.5, 0.6) is 0 Å². The molecule has 2 atom stereocenters.